The summed E-state index contributed by atoms with van der Waals surface area (Å²) in [6, 6.07) is 5.35. The first-order valence-electron chi connectivity index (χ1n) is 5.93. The van der Waals surface area contributed by atoms with E-state index in [0.717, 1.165) is 0 Å². The largest absolute Gasteiger partial charge is 0.490 e. The molecule has 0 saturated heterocycles. The van der Waals surface area contributed by atoms with E-state index in [9.17, 15) is 4.79 Å². The summed E-state index contributed by atoms with van der Waals surface area (Å²) in [5.74, 6) is 1.23. The highest BCUT2D eigenvalue weighted by molar-refractivity contribution is 9.10. The Kier molecular flexibility index (Phi) is 5.98. The molecular formula is C13H18BrNO3. The second-order valence-corrected chi connectivity index (χ2v) is 5.01. The third-order valence-electron chi connectivity index (χ3n) is 2.17. The molecule has 0 fully saturated rings. The van der Waals surface area contributed by atoms with E-state index in [1.165, 1.54) is 0 Å². The molecule has 0 aliphatic carbocycles. The minimum absolute atomic E-state index is 0.0957. The topological polar surface area (TPSA) is 47.6 Å². The lowest BCUT2D eigenvalue weighted by atomic mass is 10.2. The van der Waals surface area contributed by atoms with E-state index in [-0.39, 0.29) is 10.7 Å². The summed E-state index contributed by atoms with van der Waals surface area (Å²) < 4.78 is 10.9. The number of rotatable bonds is 6. The highest BCUT2D eigenvalue weighted by Gasteiger charge is 2.11. The van der Waals surface area contributed by atoms with Gasteiger partial charge in [-0.15, -0.1) is 0 Å². The summed E-state index contributed by atoms with van der Waals surface area (Å²) >= 11 is 3.22. The number of hydrogen-bond donors (Lipinski definition) is 1. The lowest BCUT2D eigenvalue weighted by molar-refractivity contribution is -0.115. The number of hydrogen-bond acceptors (Lipinski definition) is 3. The number of anilines is 1. The van der Waals surface area contributed by atoms with Crippen LogP contribution in [0.4, 0.5) is 5.69 Å². The minimum Gasteiger partial charge on any atom is -0.490 e. The molecule has 0 spiro atoms. The van der Waals surface area contributed by atoms with Gasteiger partial charge >= 0.3 is 0 Å². The highest BCUT2D eigenvalue weighted by Crippen LogP contribution is 2.30. The van der Waals surface area contributed by atoms with Crippen molar-refractivity contribution in [2.45, 2.75) is 25.6 Å². The van der Waals surface area contributed by atoms with Crippen LogP contribution >= 0.6 is 15.9 Å². The maximum Gasteiger partial charge on any atom is 0.237 e. The van der Waals surface area contributed by atoms with E-state index in [2.05, 4.69) is 21.2 Å². The van der Waals surface area contributed by atoms with Crippen molar-refractivity contribution in [1.29, 1.82) is 0 Å². The van der Waals surface area contributed by atoms with Crippen LogP contribution in [0.15, 0.2) is 18.2 Å². The Morgan fingerprint density at radius 1 is 1.28 bits per heavy atom. The zero-order valence-electron chi connectivity index (χ0n) is 10.8. The lowest BCUT2D eigenvalue weighted by Crippen LogP contribution is -2.19. The van der Waals surface area contributed by atoms with Gasteiger partial charge in [0.2, 0.25) is 5.91 Å². The van der Waals surface area contributed by atoms with Crippen LogP contribution in [0, 0.1) is 0 Å². The zero-order chi connectivity index (χ0) is 13.5. The fourth-order valence-electron chi connectivity index (χ4n) is 1.37. The van der Waals surface area contributed by atoms with Crippen molar-refractivity contribution in [2.24, 2.45) is 0 Å². The molecule has 0 aromatic heterocycles. The Morgan fingerprint density at radius 3 is 2.44 bits per heavy atom. The third-order valence-corrected chi connectivity index (χ3v) is 2.59. The first kappa shape index (κ1) is 14.8. The van der Waals surface area contributed by atoms with Crippen molar-refractivity contribution >= 4 is 27.5 Å². The van der Waals surface area contributed by atoms with Gasteiger partial charge in [-0.25, -0.2) is 0 Å². The maximum absolute atomic E-state index is 11.6. The van der Waals surface area contributed by atoms with Crippen LogP contribution in [0.5, 0.6) is 11.5 Å². The standard InChI is InChI=1S/C13H18BrNO3/c1-4-17-11-7-6-10(8-12(11)18-5-2)15-13(16)9(3)14/h6-9H,4-5H2,1-3H3,(H,15,16). The summed E-state index contributed by atoms with van der Waals surface area (Å²) in [6.45, 7) is 6.71. The lowest BCUT2D eigenvalue weighted by Gasteiger charge is -2.13. The Hall–Kier alpha value is -1.23. The SMILES string of the molecule is CCOc1ccc(NC(=O)C(C)Br)cc1OCC. The molecule has 100 valence electrons. The van der Waals surface area contributed by atoms with Crippen LogP contribution in [0.2, 0.25) is 0 Å². The number of halogens is 1. The van der Waals surface area contributed by atoms with Gasteiger partial charge in [0.05, 0.1) is 18.0 Å². The normalized spacial score (nSPS) is 11.8. The van der Waals surface area contributed by atoms with Gasteiger partial charge in [0.25, 0.3) is 0 Å². The van der Waals surface area contributed by atoms with E-state index in [1.54, 1.807) is 25.1 Å². The maximum atomic E-state index is 11.6. The first-order valence-corrected chi connectivity index (χ1v) is 6.84. The summed E-state index contributed by atoms with van der Waals surface area (Å²) in [5, 5.41) is 2.79. The average molecular weight is 316 g/mol. The monoisotopic (exact) mass is 315 g/mol. The van der Waals surface area contributed by atoms with Gasteiger partial charge in [0.15, 0.2) is 11.5 Å². The minimum atomic E-state index is -0.236. The van der Waals surface area contributed by atoms with Crippen LogP contribution in [0.3, 0.4) is 0 Å². The van der Waals surface area contributed by atoms with Crippen LogP contribution in [-0.2, 0) is 4.79 Å². The fourth-order valence-corrected chi connectivity index (χ4v) is 1.49. The molecule has 0 bridgehead atoms. The molecule has 0 saturated carbocycles. The number of carbonyl (C=O) groups excluding carboxylic acids is 1. The van der Waals surface area contributed by atoms with Crippen molar-refractivity contribution in [3.8, 4) is 11.5 Å². The molecule has 4 nitrogen and oxygen atoms in total. The number of alkyl halides is 1. The van der Waals surface area contributed by atoms with E-state index in [1.807, 2.05) is 13.8 Å². The van der Waals surface area contributed by atoms with E-state index in [0.29, 0.717) is 30.4 Å². The van der Waals surface area contributed by atoms with Gasteiger partial charge in [0.1, 0.15) is 0 Å². The zero-order valence-corrected chi connectivity index (χ0v) is 12.4. The molecule has 1 N–H and O–H groups in total. The summed E-state index contributed by atoms with van der Waals surface area (Å²) in [5.41, 5.74) is 0.693. The van der Waals surface area contributed by atoms with Gasteiger partial charge in [-0.3, -0.25) is 4.79 Å². The molecule has 0 radical (unpaired) electrons. The molecule has 5 heteroatoms. The Morgan fingerprint density at radius 2 is 1.89 bits per heavy atom. The fraction of sp³-hybridized carbons (Fsp3) is 0.462. The molecule has 0 heterocycles. The number of amides is 1. The van der Waals surface area contributed by atoms with Crippen molar-refractivity contribution in [3.63, 3.8) is 0 Å². The summed E-state index contributed by atoms with van der Waals surface area (Å²) in [6.07, 6.45) is 0. The molecule has 1 rings (SSSR count). The molecule has 1 aromatic carbocycles. The smallest absolute Gasteiger partial charge is 0.237 e. The van der Waals surface area contributed by atoms with Gasteiger partial charge < -0.3 is 14.8 Å². The molecule has 18 heavy (non-hydrogen) atoms. The van der Waals surface area contributed by atoms with E-state index >= 15 is 0 Å². The summed E-state index contributed by atoms with van der Waals surface area (Å²) in [7, 11) is 0. The predicted octanol–water partition coefficient (Wildman–Crippen LogP) is 3.21. The molecule has 1 unspecified atom stereocenters. The molecule has 0 aliphatic rings. The Labute approximate surface area is 116 Å². The second kappa shape index (κ2) is 7.26. The van der Waals surface area contributed by atoms with Crippen molar-refractivity contribution < 1.29 is 14.3 Å². The predicted molar refractivity (Wildman–Crippen MR) is 75.8 cm³/mol. The third kappa shape index (κ3) is 4.22. The molecular weight excluding hydrogens is 298 g/mol. The van der Waals surface area contributed by atoms with E-state index < -0.39 is 0 Å². The van der Waals surface area contributed by atoms with Crippen LogP contribution in [-0.4, -0.2) is 23.9 Å². The molecule has 1 aromatic rings. The van der Waals surface area contributed by atoms with Crippen LogP contribution < -0.4 is 14.8 Å². The number of carbonyl (C=O) groups is 1. The second-order valence-electron chi connectivity index (χ2n) is 3.63. The molecule has 1 amide bonds. The quantitative estimate of drug-likeness (QED) is 0.820. The Bertz CT molecular complexity index is 407. The first-order chi connectivity index (χ1) is 8.58. The van der Waals surface area contributed by atoms with Gasteiger partial charge in [-0.2, -0.15) is 0 Å². The van der Waals surface area contributed by atoms with Gasteiger partial charge in [-0.05, 0) is 32.9 Å². The van der Waals surface area contributed by atoms with Crippen molar-refractivity contribution in [3.05, 3.63) is 18.2 Å². The average Bonchev–Trinajstić information content (AvgIpc) is 2.33. The molecule has 0 aliphatic heterocycles. The highest BCUT2D eigenvalue weighted by atomic mass is 79.9. The number of benzene rings is 1. The summed E-state index contributed by atoms with van der Waals surface area (Å²) in [4.78, 5) is 11.3. The van der Waals surface area contributed by atoms with Crippen molar-refractivity contribution in [1.82, 2.24) is 0 Å². The van der Waals surface area contributed by atoms with Crippen LogP contribution in [0.25, 0.3) is 0 Å². The van der Waals surface area contributed by atoms with Crippen molar-refractivity contribution in [2.75, 3.05) is 18.5 Å². The van der Waals surface area contributed by atoms with Gasteiger partial charge in [0, 0.05) is 11.8 Å². The van der Waals surface area contributed by atoms with Crippen LogP contribution in [0.1, 0.15) is 20.8 Å². The van der Waals surface area contributed by atoms with E-state index in [4.69, 9.17) is 9.47 Å². The molecule has 1 atom stereocenters. The van der Waals surface area contributed by atoms with Gasteiger partial charge in [-0.1, -0.05) is 15.9 Å². The number of ether oxygens (including phenoxy) is 2. The Balaban J connectivity index is 2.88. The number of nitrogens with one attached hydrogen (secondary N) is 1.